The lowest BCUT2D eigenvalue weighted by Gasteiger charge is -2.26. The Morgan fingerprint density at radius 1 is 0.893 bits per heavy atom. The molecule has 6 nitrogen and oxygen atoms in total. The van der Waals surface area contributed by atoms with E-state index in [2.05, 4.69) is 10.2 Å². The highest BCUT2D eigenvalue weighted by molar-refractivity contribution is 7.88. The number of benzene rings is 1. The average molecular weight is 408 g/mol. The van der Waals surface area contributed by atoms with Crippen LogP contribution in [0.4, 0.5) is 0 Å². The standard InChI is InChI=1S/C21H33N3O3S/c25-21(22-12-7-15-23-13-3-1-4-14-23)20-10-8-19(9-11-20)18-28(26,27)24-16-5-2-6-17-24/h8-11H,1-7,12-18H2,(H,22,25). The van der Waals surface area contributed by atoms with Gasteiger partial charge in [-0.1, -0.05) is 25.0 Å². The maximum absolute atomic E-state index is 12.5. The summed E-state index contributed by atoms with van der Waals surface area (Å²) in [7, 11) is -3.27. The normalized spacial score (nSPS) is 19.4. The second-order valence-corrected chi connectivity index (χ2v) is 9.89. The van der Waals surface area contributed by atoms with E-state index in [-0.39, 0.29) is 11.7 Å². The zero-order valence-electron chi connectivity index (χ0n) is 16.7. The molecule has 2 heterocycles. The van der Waals surface area contributed by atoms with Gasteiger partial charge in [-0.05, 0) is 69.4 Å². The Morgan fingerprint density at radius 3 is 2.14 bits per heavy atom. The summed E-state index contributed by atoms with van der Waals surface area (Å²) in [5.41, 5.74) is 1.31. The molecule has 2 aliphatic rings. The molecular weight excluding hydrogens is 374 g/mol. The summed E-state index contributed by atoms with van der Waals surface area (Å²) in [6.07, 6.45) is 7.85. The van der Waals surface area contributed by atoms with Crippen LogP contribution < -0.4 is 5.32 Å². The van der Waals surface area contributed by atoms with Crippen molar-refractivity contribution in [2.75, 3.05) is 39.3 Å². The van der Waals surface area contributed by atoms with Gasteiger partial charge >= 0.3 is 0 Å². The second-order valence-electron chi connectivity index (χ2n) is 7.92. The van der Waals surface area contributed by atoms with Crippen LogP contribution in [0.25, 0.3) is 0 Å². The Bertz CT molecular complexity index is 722. The molecule has 1 aromatic carbocycles. The molecule has 0 radical (unpaired) electrons. The minimum Gasteiger partial charge on any atom is -0.352 e. The molecule has 0 aliphatic carbocycles. The fraction of sp³-hybridized carbons (Fsp3) is 0.667. The minimum atomic E-state index is -3.27. The van der Waals surface area contributed by atoms with Gasteiger partial charge in [0.25, 0.3) is 5.91 Å². The molecule has 0 atom stereocenters. The van der Waals surface area contributed by atoms with Crippen molar-refractivity contribution in [1.82, 2.24) is 14.5 Å². The Balaban J connectivity index is 1.43. The quantitative estimate of drug-likeness (QED) is 0.673. The van der Waals surface area contributed by atoms with Crippen molar-refractivity contribution < 1.29 is 13.2 Å². The molecule has 7 heteroatoms. The molecule has 2 aliphatic heterocycles. The van der Waals surface area contributed by atoms with Gasteiger partial charge < -0.3 is 10.2 Å². The van der Waals surface area contributed by atoms with E-state index >= 15 is 0 Å². The highest BCUT2D eigenvalue weighted by Gasteiger charge is 2.24. The van der Waals surface area contributed by atoms with E-state index in [1.165, 1.54) is 32.4 Å². The molecule has 2 fully saturated rings. The topological polar surface area (TPSA) is 69.7 Å². The number of hydrogen-bond donors (Lipinski definition) is 1. The Kier molecular flexibility index (Phi) is 7.88. The van der Waals surface area contributed by atoms with Crippen molar-refractivity contribution in [2.24, 2.45) is 0 Å². The van der Waals surface area contributed by atoms with E-state index in [1.807, 2.05) is 0 Å². The smallest absolute Gasteiger partial charge is 0.251 e. The highest BCUT2D eigenvalue weighted by Crippen LogP contribution is 2.17. The lowest BCUT2D eigenvalue weighted by Crippen LogP contribution is -2.36. The largest absolute Gasteiger partial charge is 0.352 e. The Hall–Kier alpha value is -1.44. The summed E-state index contributed by atoms with van der Waals surface area (Å²) >= 11 is 0. The average Bonchev–Trinajstić information content (AvgIpc) is 2.73. The molecule has 0 unspecified atom stereocenters. The third-order valence-corrected chi connectivity index (χ3v) is 7.51. The molecule has 0 saturated carbocycles. The first-order valence-corrected chi connectivity index (χ1v) is 12.2. The van der Waals surface area contributed by atoms with Crippen LogP contribution in [0.2, 0.25) is 0 Å². The SMILES string of the molecule is O=C(NCCCN1CCCCC1)c1ccc(CS(=O)(=O)N2CCCCC2)cc1. The first-order chi connectivity index (χ1) is 13.5. The molecule has 1 amide bonds. The van der Waals surface area contributed by atoms with Gasteiger partial charge in [0, 0.05) is 25.2 Å². The van der Waals surface area contributed by atoms with Gasteiger partial charge in [0.15, 0.2) is 0 Å². The van der Waals surface area contributed by atoms with Crippen molar-refractivity contribution in [3.05, 3.63) is 35.4 Å². The van der Waals surface area contributed by atoms with E-state index < -0.39 is 10.0 Å². The minimum absolute atomic E-state index is 0.00470. The van der Waals surface area contributed by atoms with Crippen LogP contribution in [0, 0.1) is 0 Å². The van der Waals surface area contributed by atoms with E-state index in [0.717, 1.165) is 37.8 Å². The van der Waals surface area contributed by atoms with Gasteiger partial charge in [0.1, 0.15) is 0 Å². The third-order valence-electron chi connectivity index (χ3n) is 5.66. The molecule has 0 bridgehead atoms. The van der Waals surface area contributed by atoms with Crippen LogP contribution in [0.15, 0.2) is 24.3 Å². The number of carbonyl (C=O) groups is 1. The molecule has 1 N–H and O–H groups in total. The maximum Gasteiger partial charge on any atom is 0.251 e. The van der Waals surface area contributed by atoms with Gasteiger partial charge in [-0.25, -0.2) is 12.7 Å². The first kappa shape index (κ1) is 21.3. The molecule has 156 valence electrons. The number of hydrogen-bond acceptors (Lipinski definition) is 4. The number of piperidine rings is 2. The van der Waals surface area contributed by atoms with Crippen molar-refractivity contribution >= 4 is 15.9 Å². The number of amides is 1. The number of carbonyl (C=O) groups excluding carboxylic acids is 1. The Labute approximate surface area is 169 Å². The zero-order valence-corrected chi connectivity index (χ0v) is 17.6. The van der Waals surface area contributed by atoms with Crippen LogP contribution >= 0.6 is 0 Å². The van der Waals surface area contributed by atoms with Crippen LogP contribution in [-0.2, 0) is 15.8 Å². The predicted molar refractivity (Wildman–Crippen MR) is 112 cm³/mol. The maximum atomic E-state index is 12.5. The Morgan fingerprint density at radius 2 is 1.50 bits per heavy atom. The zero-order chi connectivity index (χ0) is 19.8. The van der Waals surface area contributed by atoms with E-state index in [0.29, 0.717) is 25.2 Å². The van der Waals surface area contributed by atoms with Crippen LogP contribution in [0.5, 0.6) is 0 Å². The summed E-state index contributed by atoms with van der Waals surface area (Å²) < 4.78 is 26.6. The molecule has 0 spiro atoms. The number of nitrogens with zero attached hydrogens (tertiary/aromatic N) is 2. The van der Waals surface area contributed by atoms with Gasteiger partial charge in [0.05, 0.1) is 5.75 Å². The van der Waals surface area contributed by atoms with Crippen LogP contribution in [0.1, 0.15) is 60.9 Å². The molecule has 1 aromatic rings. The van der Waals surface area contributed by atoms with Gasteiger partial charge in [0.2, 0.25) is 10.0 Å². The molecule has 0 aromatic heterocycles. The fourth-order valence-electron chi connectivity index (χ4n) is 3.99. The first-order valence-electron chi connectivity index (χ1n) is 10.6. The number of rotatable bonds is 8. The predicted octanol–water partition coefficient (Wildman–Crippen LogP) is 2.61. The lowest BCUT2D eigenvalue weighted by atomic mass is 10.1. The monoisotopic (exact) mass is 407 g/mol. The number of likely N-dealkylation sites (tertiary alicyclic amines) is 1. The van der Waals surface area contributed by atoms with Gasteiger partial charge in [-0.3, -0.25) is 4.79 Å². The van der Waals surface area contributed by atoms with Crippen LogP contribution in [-0.4, -0.2) is 62.8 Å². The summed E-state index contributed by atoms with van der Waals surface area (Å²) in [6.45, 7) is 5.31. The van der Waals surface area contributed by atoms with Gasteiger partial charge in [-0.2, -0.15) is 0 Å². The fourth-order valence-corrected chi connectivity index (χ4v) is 5.60. The number of nitrogens with one attached hydrogen (secondary N) is 1. The van der Waals surface area contributed by atoms with Crippen LogP contribution in [0.3, 0.4) is 0 Å². The van der Waals surface area contributed by atoms with Gasteiger partial charge in [-0.15, -0.1) is 0 Å². The molecular formula is C21H33N3O3S. The summed E-state index contributed by atoms with van der Waals surface area (Å²) in [6, 6.07) is 6.95. The van der Waals surface area contributed by atoms with Crippen molar-refractivity contribution in [3.63, 3.8) is 0 Å². The number of sulfonamides is 1. The molecule has 3 rings (SSSR count). The summed E-state index contributed by atoms with van der Waals surface area (Å²) in [5.74, 6) is -0.0887. The van der Waals surface area contributed by atoms with E-state index in [4.69, 9.17) is 0 Å². The van der Waals surface area contributed by atoms with Crippen molar-refractivity contribution in [3.8, 4) is 0 Å². The highest BCUT2D eigenvalue weighted by atomic mass is 32.2. The second kappa shape index (κ2) is 10.4. The summed E-state index contributed by atoms with van der Waals surface area (Å²) in [4.78, 5) is 14.8. The van der Waals surface area contributed by atoms with E-state index in [9.17, 15) is 13.2 Å². The summed E-state index contributed by atoms with van der Waals surface area (Å²) in [5, 5.41) is 2.97. The van der Waals surface area contributed by atoms with Crippen molar-refractivity contribution in [2.45, 2.75) is 50.7 Å². The van der Waals surface area contributed by atoms with E-state index in [1.54, 1.807) is 28.6 Å². The molecule has 2 saturated heterocycles. The lowest BCUT2D eigenvalue weighted by molar-refractivity contribution is 0.0951. The third kappa shape index (κ3) is 6.29. The van der Waals surface area contributed by atoms with Crippen molar-refractivity contribution in [1.29, 1.82) is 0 Å². The molecule has 28 heavy (non-hydrogen) atoms.